The first-order chi connectivity index (χ1) is 9.65. The van der Waals surface area contributed by atoms with Crippen LogP contribution in [0.4, 0.5) is 5.69 Å². The maximum atomic E-state index is 11.9. The molecule has 5 nitrogen and oxygen atoms in total. The van der Waals surface area contributed by atoms with Crippen LogP contribution >= 0.6 is 0 Å². The summed E-state index contributed by atoms with van der Waals surface area (Å²) >= 11 is 0. The third-order valence-corrected chi connectivity index (χ3v) is 3.37. The van der Waals surface area contributed by atoms with Crippen molar-refractivity contribution < 1.29 is 9.59 Å². The molecule has 0 bridgehead atoms. The Balaban J connectivity index is 1.74. The number of carbonyl (C=O) groups excluding carboxylic acids is 2. The minimum absolute atomic E-state index is 0.0607. The van der Waals surface area contributed by atoms with Crippen LogP contribution in [-0.2, 0) is 9.59 Å². The van der Waals surface area contributed by atoms with Gasteiger partial charge in [0.15, 0.2) is 0 Å². The number of rotatable bonds is 4. The minimum Gasteiger partial charge on any atom is -0.340 e. The van der Waals surface area contributed by atoms with E-state index in [2.05, 4.69) is 10.6 Å². The van der Waals surface area contributed by atoms with E-state index in [0.717, 1.165) is 37.4 Å². The third kappa shape index (κ3) is 4.35. The fourth-order valence-electron chi connectivity index (χ4n) is 2.15. The Morgan fingerprint density at radius 3 is 2.45 bits per heavy atom. The molecule has 1 saturated heterocycles. The van der Waals surface area contributed by atoms with Crippen LogP contribution < -0.4 is 10.6 Å². The van der Waals surface area contributed by atoms with Crippen molar-refractivity contribution >= 4 is 17.5 Å². The normalized spacial score (nSPS) is 14.9. The summed E-state index contributed by atoms with van der Waals surface area (Å²) in [4.78, 5) is 25.5. The van der Waals surface area contributed by atoms with Gasteiger partial charge in [-0.2, -0.15) is 0 Å². The number of benzene rings is 1. The number of nitrogens with zero attached hydrogens (tertiary/aromatic N) is 1. The van der Waals surface area contributed by atoms with Crippen molar-refractivity contribution in [3.05, 3.63) is 29.8 Å². The van der Waals surface area contributed by atoms with Gasteiger partial charge in [-0.05, 0) is 19.1 Å². The van der Waals surface area contributed by atoms with Crippen LogP contribution in [0.25, 0.3) is 0 Å². The summed E-state index contributed by atoms with van der Waals surface area (Å²) < 4.78 is 0. The topological polar surface area (TPSA) is 61.4 Å². The Hall–Kier alpha value is -1.88. The second-order valence-corrected chi connectivity index (χ2v) is 5.04. The molecule has 1 aromatic rings. The van der Waals surface area contributed by atoms with E-state index in [-0.39, 0.29) is 24.7 Å². The van der Waals surface area contributed by atoms with Crippen molar-refractivity contribution in [1.29, 1.82) is 0 Å². The van der Waals surface area contributed by atoms with Crippen molar-refractivity contribution in [3.8, 4) is 0 Å². The van der Waals surface area contributed by atoms with Gasteiger partial charge in [-0.15, -0.1) is 0 Å². The molecule has 1 aliphatic rings. The third-order valence-electron chi connectivity index (χ3n) is 3.37. The van der Waals surface area contributed by atoms with Crippen molar-refractivity contribution in [3.63, 3.8) is 0 Å². The van der Waals surface area contributed by atoms with Gasteiger partial charge in [-0.25, -0.2) is 0 Å². The highest BCUT2D eigenvalue weighted by Gasteiger charge is 2.16. The quantitative estimate of drug-likeness (QED) is 0.866. The molecule has 2 N–H and O–H groups in total. The second kappa shape index (κ2) is 7.05. The Labute approximate surface area is 119 Å². The average Bonchev–Trinajstić information content (AvgIpc) is 2.48. The summed E-state index contributed by atoms with van der Waals surface area (Å²) in [5, 5.41) is 6.00. The van der Waals surface area contributed by atoms with Crippen LogP contribution in [0.1, 0.15) is 18.4 Å². The maximum absolute atomic E-state index is 11.9. The lowest BCUT2D eigenvalue weighted by Gasteiger charge is -2.27. The summed E-state index contributed by atoms with van der Waals surface area (Å²) in [6, 6.07) is 7.62. The maximum Gasteiger partial charge on any atom is 0.224 e. The van der Waals surface area contributed by atoms with E-state index in [4.69, 9.17) is 0 Å². The number of hydrogen-bond donors (Lipinski definition) is 2. The molecule has 20 heavy (non-hydrogen) atoms. The lowest BCUT2D eigenvalue weighted by atomic mass is 10.2. The lowest BCUT2D eigenvalue weighted by molar-refractivity contribution is -0.133. The van der Waals surface area contributed by atoms with Crippen LogP contribution in [0.3, 0.4) is 0 Å². The molecule has 0 unspecified atom stereocenters. The minimum atomic E-state index is -0.114. The average molecular weight is 275 g/mol. The predicted molar refractivity (Wildman–Crippen MR) is 78.5 cm³/mol. The predicted octanol–water partition coefficient (Wildman–Crippen LogP) is 1.15. The van der Waals surface area contributed by atoms with Crippen LogP contribution in [0.5, 0.6) is 0 Å². The molecule has 1 aliphatic heterocycles. The van der Waals surface area contributed by atoms with Gasteiger partial charge in [-0.3, -0.25) is 9.59 Å². The summed E-state index contributed by atoms with van der Waals surface area (Å²) in [5.74, 6) is -0.0529. The number of anilines is 1. The SMILES string of the molecule is Cc1ccc(NC(=O)CCC(=O)N2CCNCC2)cc1. The van der Waals surface area contributed by atoms with Crippen LogP contribution in [0.2, 0.25) is 0 Å². The van der Waals surface area contributed by atoms with Gasteiger partial charge in [-0.1, -0.05) is 17.7 Å². The Kier molecular flexibility index (Phi) is 5.12. The van der Waals surface area contributed by atoms with E-state index < -0.39 is 0 Å². The number of aryl methyl sites for hydroxylation is 1. The highest BCUT2D eigenvalue weighted by molar-refractivity contribution is 5.93. The number of carbonyl (C=O) groups is 2. The van der Waals surface area contributed by atoms with Crippen molar-refractivity contribution in [2.75, 3.05) is 31.5 Å². The standard InChI is InChI=1S/C15H21N3O2/c1-12-2-4-13(5-3-12)17-14(19)6-7-15(20)18-10-8-16-9-11-18/h2-5,16H,6-11H2,1H3,(H,17,19). The zero-order chi connectivity index (χ0) is 14.4. The Morgan fingerprint density at radius 2 is 1.80 bits per heavy atom. The van der Waals surface area contributed by atoms with Gasteiger partial charge >= 0.3 is 0 Å². The molecule has 1 fully saturated rings. The highest BCUT2D eigenvalue weighted by atomic mass is 16.2. The second-order valence-electron chi connectivity index (χ2n) is 5.04. The first-order valence-electron chi connectivity index (χ1n) is 7.00. The number of nitrogens with one attached hydrogen (secondary N) is 2. The molecule has 0 aliphatic carbocycles. The molecular weight excluding hydrogens is 254 g/mol. The number of piperazine rings is 1. The first-order valence-corrected chi connectivity index (χ1v) is 7.00. The van der Waals surface area contributed by atoms with Gasteiger partial charge in [0, 0.05) is 44.7 Å². The van der Waals surface area contributed by atoms with Gasteiger partial charge in [0.25, 0.3) is 0 Å². The summed E-state index contributed by atoms with van der Waals surface area (Å²) in [6.45, 7) is 5.14. The van der Waals surface area contributed by atoms with Crippen molar-refractivity contribution in [1.82, 2.24) is 10.2 Å². The molecule has 2 amide bonds. The van der Waals surface area contributed by atoms with Crippen molar-refractivity contribution in [2.24, 2.45) is 0 Å². The molecule has 0 saturated carbocycles. The van der Waals surface area contributed by atoms with E-state index in [1.54, 1.807) is 0 Å². The fourth-order valence-corrected chi connectivity index (χ4v) is 2.15. The summed E-state index contributed by atoms with van der Waals surface area (Å²) in [5.41, 5.74) is 1.92. The molecule has 1 aromatic carbocycles. The van der Waals surface area contributed by atoms with Gasteiger partial charge in [0.05, 0.1) is 0 Å². The smallest absolute Gasteiger partial charge is 0.224 e. The molecule has 108 valence electrons. The molecule has 0 radical (unpaired) electrons. The highest BCUT2D eigenvalue weighted by Crippen LogP contribution is 2.09. The Bertz CT molecular complexity index is 465. The van der Waals surface area contributed by atoms with Crippen molar-refractivity contribution in [2.45, 2.75) is 19.8 Å². The summed E-state index contributed by atoms with van der Waals surface area (Å²) in [6.07, 6.45) is 0.508. The van der Waals surface area contributed by atoms with E-state index in [9.17, 15) is 9.59 Å². The molecule has 0 aromatic heterocycles. The molecular formula is C15H21N3O2. The lowest BCUT2D eigenvalue weighted by Crippen LogP contribution is -2.46. The van der Waals surface area contributed by atoms with E-state index in [1.807, 2.05) is 36.1 Å². The molecule has 5 heteroatoms. The molecule has 2 rings (SSSR count). The van der Waals surface area contributed by atoms with Crippen LogP contribution in [-0.4, -0.2) is 42.9 Å². The fraction of sp³-hybridized carbons (Fsp3) is 0.467. The van der Waals surface area contributed by atoms with Crippen LogP contribution in [0.15, 0.2) is 24.3 Å². The van der Waals surface area contributed by atoms with Gasteiger partial charge in [0.2, 0.25) is 11.8 Å². The zero-order valence-corrected chi connectivity index (χ0v) is 11.8. The van der Waals surface area contributed by atoms with Gasteiger partial charge < -0.3 is 15.5 Å². The molecule has 1 heterocycles. The summed E-state index contributed by atoms with van der Waals surface area (Å²) in [7, 11) is 0. The number of hydrogen-bond acceptors (Lipinski definition) is 3. The largest absolute Gasteiger partial charge is 0.340 e. The van der Waals surface area contributed by atoms with Gasteiger partial charge in [0.1, 0.15) is 0 Å². The monoisotopic (exact) mass is 275 g/mol. The first kappa shape index (κ1) is 14.5. The zero-order valence-electron chi connectivity index (χ0n) is 11.8. The van der Waals surface area contributed by atoms with Crippen LogP contribution in [0, 0.1) is 6.92 Å². The van der Waals surface area contributed by atoms with E-state index in [1.165, 1.54) is 0 Å². The Morgan fingerprint density at radius 1 is 1.15 bits per heavy atom. The molecule has 0 spiro atoms. The van der Waals surface area contributed by atoms with E-state index >= 15 is 0 Å². The molecule has 0 atom stereocenters. The number of amides is 2. The van der Waals surface area contributed by atoms with E-state index in [0.29, 0.717) is 0 Å².